The van der Waals surface area contributed by atoms with Crippen LogP contribution in [-0.2, 0) is 16.5 Å². The van der Waals surface area contributed by atoms with Crippen molar-refractivity contribution >= 4 is 23.1 Å². The van der Waals surface area contributed by atoms with Crippen LogP contribution in [0.1, 0.15) is 27.7 Å². The maximum absolute atomic E-state index is 8.93. The van der Waals surface area contributed by atoms with Gasteiger partial charge in [0.15, 0.2) is 0 Å². The second-order valence-electron chi connectivity index (χ2n) is 1.15. The molecule has 0 aliphatic carbocycles. The zero-order valence-corrected chi connectivity index (χ0v) is 11.9. The molecule has 0 atom stereocenters. The van der Waals surface area contributed by atoms with Gasteiger partial charge in [0.25, 0.3) is 0 Å². The molecule has 0 saturated carbocycles. The molecule has 0 heterocycles. The molecule has 14 heavy (non-hydrogen) atoms. The van der Waals surface area contributed by atoms with E-state index in [9.17, 15) is 0 Å². The van der Waals surface area contributed by atoms with Crippen molar-refractivity contribution in [1.82, 2.24) is 0 Å². The van der Waals surface area contributed by atoms with Gasteiger partial charge < -0.3 is 20.4 Å². The third-order valence-corrected chi connectivity index (χ3v) is 0. The molecule has 0 aromatic heterocycles. The quantitative estimate of drug-likeness (QED) is 0.438. The van der Waals surface area contributed by atoms with Crippen molar-refractivity contribution < 1.29 is 36.9 Å². The topological polar surface area (TPSA) is 92.2 Å². The van der Waals surface area contributed by atoms with E-state index in [1.54, 1.807) is 27.7 Å². The minimum absolute atomic E-state index is 0. The molecule has 0 fully saturated rings. The Bertz CT molecular complexity index is 29.3. The minimum Gasteiger partial charge on any atom is -0.855 e. The zero-order chi connectivity index (χ0) is 10.8. The van der Waals surface area contributed by atoms with Crippen molar-refractivity contribution in [2.75, 3.05) is 26.4 Å². The van der Waals surface area contributed by atoms with E-state index < -0.39 is 0 Å². The zero-order valence-electron chi connectivity index (χ0n) is 9.48. The van der Waals surface area contributed by atoms with Crippen molar-refractivity contribution in [2.24, 2.45) is 0 Å². The molecule has 0 aromatic carbocycles. The fourth-order valence-electron chi connectivity index (χ4n) is 0. The van der Waals surface area contributed by atoms with Crippen LogP contribution in [0.5, 0.6) is 0 Å². The Labute approximate surface area is 114 Å². The van der Waals surface area contributed by atoms with E-state index in [4.69, 9.17) is 20.4 Å². The van der Waals surface area contributed by atoms with Crippen molar-refractivity contribution in [3.8, 4) is 0 Å². The molecule has 6 heteroatoms. The second-order valence-corrected chi connectivity index (χ2v) is 1.15. The summed E-state index contributed by atoms with van der Waals surface area (Å²) in [6, 6.07) is 0. The van der Waals surface area contributed by atoms with Crippen LogP contribution in [0.2, 0.25) is 0 Å². The van der Waals surface area contributed by atoms with Crippen LogP contribution in [-0.4, -0.2) is 49.5 Å². The van der Waals surface area contributed by atoms with Crippen LogP contribution >= 0.6 is 0 Å². The number of rotatable bonds is 0. The molecule has 0 bridgehead atoms. The molecule has 0 radical (unpaired) electrons. The monoisotopic (exact) mass is 262 g/mol. The van der Waals surface area contributed by atoms with Gasteiger partial charge in [-0.25, -0.2) is 0 Å². The van der Waals surface area contributed by atoms with Gasteiger partial charge in [-0.05, 0) is 0 Å². The Morgan fingerprint density at radius 2 is 0.571 bits per heavy atom. The maximum Gasteiger partial charge on any atom is 2.00 e. The fraction of sp³-hybridized carbons (Fsp3) is 1.00. The summed E-state index contributed by atoms with van der Waals surface area (Å²) in [6.07, 6.45) is 0. The summed E-state index contributed by atoms with van der Waals surface area (Å²) >= 11 is 0. The van der Waals surface area contributed by atoms with Crippen LogP contribution in [0.3, 0.4) is 0 Å². The summed E-state index contributed by atoms with van der Waals surface area (Å²) in [5, 5.41) is 35.7. The SMILES string of the molecule is CC[O-].CC[O-].CC[O-].CC[O-].[Mg+2].[Ni+2]. The summed E-state index contributed by atoms with van der Waals surface area (Å²) in [6.45, 7) is 6.28. The average Bonchev–Trinajstić information content (AvgIpc) is 1.92. The normalized spacial score (nSPS) is 5.14. The van der Waals surface area contributed by atoms with Crippen LogP contribution in [0, 0.1) is 0 Å². The van der Waals surface area contributed by atoms with E-state index in [2.05, 4.69) is 0 Å². The van der Waals surface area contributed by atoms with E-state index in [-0.39, 0.29) is 66.0 Å². The predicted molar refractivity (Wildman–Crippen MR) is 47.9 cm³/mol. The molecule has 0 N–H and O–H groups in total. The van der Waals surface area contributed by atoms with Gasteiger partial charge in [-0.15, -0.1) is 26.4 Å². The molecule has 88 valence electrons. The third-order valence-electron chi connectivity index (χ3n) is 0. The molecule has 0 amide bonds. The van der Waals surface area contributed by atoms with E-state index in [0.717, 1.165) is 0 Å². The Hall–Kier alpha value is 1.10. The maximum atomic E-state index is 8.93. The first kappa shape index (κ1) is 36.3. The molecule has 0 spiro atoms. The largest absolute Gasteiger partial charge is 2.00 e. The van der Waals surface area contributed by atoms with E-state index in [0.29, 0.717) is 0 Å². The Balaban J connectivity index is -0.0000000145. The van der Waals surface area contributed by atoms with Crippen molar-refractivity contribution in [3.63, 3.8) is 0 Å². The van der Waals surface area contributed by atoms with Crippen LogP contribution < -0.4 is 20.4 Å². The molecule has 0 aliphatic heterocycles. The summed E-state index contributed by atoms with van der Waals surface area (Å²) in [7, 11) is 0. The molecule has 0 unspecified atom stereocenters. The van der Waals surface area contributed by atoms with Crippen molar-refractivity contribution in [3.05, 3.63) is 0 Å². The van der Waals surface area contributed by atoms with Gasteiger partial charge in [0.05, 0.1) is 0 Å². The summed E-state index contributed by atoms with van der Waals surface area (Å²) < 4.78 is 0. The molecule has 0 rings (SSSR count). The summed E-state index contributed by atoms with van der Waals surface area (Å²) in [5.41, 5.74) is 0. The van der Waals surface area contributed by atoms with Crippen molar-refractivity contribution in [2.45, 2.75) is 27.7 Å². The first-order chi connectivity index (χ1) is 5.66. The smallest absolute Gasteiger partial charge is 0.855 e. The molecular formula is C8H20MgNiO4. The van der Waals surface area contributed by atoms with Gasteiger partial charge in [-0.1, -0.05) is 27.7 Å². The standard InChI is InChI=1S/4C2H5O.Mg.Ni/c4*1-2-3;;/h4*2H2,1H3;;/q4*-1;2*+2. The van der Waals surface area contributed by atoms with Crippen LogP contribution in [0.4, 0.5) is 0 Å². The number of hydrogen-bond donors (Lipinski definition) is 0. The Morgan fingerprint density at radius 3 is 0.571 bits per heavy atom. The van der Waals surface area contributed by atoms with Crippen molar-refractivity contribution in [1.29, 1.82) is 0 Å². The van der Waals surface area contributed by atoms with E-state index in [1.807, 2.05) is 0 Å². The van der Waals surface area contributed by atoms with Gasteiger partial charge in [0.2, 0.25) is 0 Å². The fourth-order valence-corrected chi connectivity index (χ4v) is 0. The third kappa shape index (κ3) is 1590. The summed E-state index contributed by atoms with van der Waals surface area (Å²) in [5.74, 6) is 0. The molecule has 0 aromatic rings. The van der Waals surface area contributed by atoms with Gasteiger partial charge in [0.1, 0.15) is 0 Å². The second kappa shape index (κ2) is 93.0. The molecular weight excluding hydrogens is 243 g/mol. The van der Waals surface area contributed by atoms with E-state index in [1.165, 1.54) is 0 Å². The number of hydrogen-bond acceptors (Lipinski definition) is 4. The predicted octanol–water partition coefficient (Wildman–Crippen LogP) is -2.92. The van der Waals surface area contributed by atoms with Gasteiger partial charge in [-0.3, -0.25) is 0 Å². The first-order valence-corrected chi connectivity index (χ1v) is 3.98. The summed E-state index contributed by atoms with van der Waals surface area (Å²) in [4.78, 5) is 0. The molecule has 0 saturated heterocycles. The van der Waals surface area contributed by atoms with Crippen LogP contribution in [0.15, 0.2) is 0 Å². The Morgan fingerprint density at radius 1 is 0.571 bits per heavy atom. The Kier molecular flexibility index (Phi) is 241. The average molecular weight is 263 g/mol. The van der Waals surface area contributed by atoms with Gasteiger partial charge in [0, 0.05) is 0 Å². The van der Waals surface area contributed by atoms with Gasteiger partial charge >= 0.3 is 39.5 Å². The first-order valence-electron chi connectivity index (χ1n) is 3.98. The molecule has 0 aliphatic rings. The van der Waals surface area contributed by atoms with Gasteiger partial charge in [-0.2, -0.15) is 0 Å². The minimum atomic E-state index is 0. The van der Waals surface area contributed by atoms with Crippen LogP contribution in [0.25, 0.3) is 0 Å². The van der Waals surface area contributed by atoms with E-state index >= 15 is 0 Å². The molecule has 4 nitrogen and oxygen atoms in total.